The molecule has 10 heteroatoms. The highest BCUT2D eigenvalue weighted by Crippen LogP contribution is 2.40. The number of aromatic nitrogens is 2. The van der Waals surface area contributed by atoms with Crippen molar-refractivity contribution in [3.63, 3.8) is 0 Å². The van der Waals surface area contributed by atoms with E-state index in [1.807, 2.05) is 42.6 Å². The van der Waals surface area contributed by atoms with Gasteiger partial charge in [-0.1, -0.05) is 6.07 Å². The second-order valence-electron chi connectivity index (χ2n) is 11.0. The molecule has 2 fully saturated rings. The van der Waals surface area contributed by atoms with Gasteiger partial charge in [0.05, 0.1) is 42.4 Å². The molecule has 1 unspecified atom stereocenters. The molecule has 4 heterocycles. The summed E-state index contributed by atoms with van der Waals surface area (Å²) in [6, 6.07) is 11.6. The molecule has 1 aromatic carbocycles. The largest absolute Gasteiger partial charge is 0.497 e. The van der Waals surface area contributed by atoms with Gasteiger partial charge in [-0.05, 0) is 80.2 Å². The van der Waals surface area contributed by atoms with Crippen molar-refractivity contribution in [3.8, 4) is 5.75 Å². The smallest absolute Gasteiger partial charge is 0.309 e. The van der Waals surface area contributed by atoms with Gasteiger partial charge >= 0.3 is 5.97 Å². The number of carboxylic acids is 1. The van der Waals surface area contributed by atoms with Gasteiger partial charge in [0.25, 0.3) is 0 Å². The molecule has 0 amide bonds. The maximum atomic E-state index is 12.6. The summed E-state index contributed by atoms with van der Waals surface area (Å²) >= 11 is 1.72. The van der Waals surface area contributed by atoms with Crippen LogP contribution in [-0.2, 0) is 16.1 Å². The number of morpholine rings is 1. The van der Waals surface area contributed by atoms with Crippen molar-refractivity contribution in [1.82, 2.24) is 19.8 Å². The minimum absolute atomic E-state index is 0.369. The molecule has 2 aliphatic rings. The number of piperidine rings is 1. The third-order valence-corrected chi connectivity index (χ3v) is 9.41. The van der Waals surface area contributed by atoms with Crippen LogP contribution < -0.4 is 4.74 Å². The highest BCUT2D eigenvalue weighted by atomic mass is 32.2. The van der Waals surface area contributed by atoms with Gasteiger partial charge in [-0.2, -0.15) is 0 Å². The summed E-state index contributed by atoms with van der Waals surface area (Å²) in [5.41, 5.74) is 1.74. The summed E-state index contributed by atoms with van der Waals surface area (Å²) < 4.78 is 11.0. The van der Waals surface area contributed by atoms with Crippen LogP contribution in [0.1, 0.15) is 42.9 Å². The number of rotatable bonds is 12. The van der Waals surface area contributed by atoms with Crippen LogP contribution in [0.3, 0.4) is 0 Å². The second kappa shape index (κ2) is 13.9. The van der Waals surface area contributed by atoms with Crippen molar-refractivity contribution in [3.05, 3.63) is 59.9 Å². The van der Waals surface area contributed by atoms with Gasteiger partial charge in [0.1, 0.15) is 5.75 Å². The lowest BCUT2D eigenvalue weighted by molar-refractivity contribution is -0.153. The van der Waals surface area contributed by atoms with Crippen molar-refractivity contribution in [1.29, 1.82) is 0 Å². The Balaban J connectivity index is 1.27. The molecule has 41 heavy (non-hydrogen) atoms. The van der Waals surface area contributed by atoms with E-state index in [-0.39, 0.29) is 0 Å². The summed E-state index contributed by atoms with van der Waals surface area (Å²) in [4.78, 5) is 26.3. The Labute approximate surface area is 245 Å². The summed E-state index contributed by atoms with van der Waals surface area (Å²) in [6.07, 6.45) is 4.79. The third-order valence-electron chi connectivity index (χ3n) is 8.49. The Morgan fingerprint density at radius 2 is 1.93 bits per heavy atom. The molecule has 2 N–H and O–H groups in total. The summed E-state index contributed by atoms with van der Waals surface area (Å²) in [6.45, 7) is 6.06. The molecule has 220 valence electrons. The number of benzene rings is 1. The lowest BCUT2D eigenvalue weighted by Crippen LogP contribution is -2.45. The predicted octanol–water partition coefficient (Wildman–Crippen LogP) is 4.24. The Morgan fingerprint density at radius 3 is 2.63 bits per heavy atom. The van der Waals surface area contributed by atoms with Crippen molar-refractivity contribution < 1.29 is 24.5 Å². The number of aliphatic hydroxyl groups excluding tert-OH is 1. The first-order valence-corrected chi connectivity index (χ1v) is 15.4. The molecule has 0 bridgehead atoms. The van der Waals surface area contributed by atoms with Gasteiger partial charge in [0, 0.05) is 49.7 Å². The fraction of sp³-hybridized carbons (Fsp3) is 0.516. The van der Waals surface area contributed by atoms with E-state index < -0.39 is 17.5 Å². The number of hydrogen-bond donors (Lipinski definition) is 2. The topological polar surface area (TPSA) is 108 Å². The quantitative estimate of drug-likeness (QED) is 0.302. The van der Waals surface area contributed by atoms with Crippen LogP contribution in [0.5, 0.6) is 5.75 Å². The number of methoxy groups -OCH3 is 1. The number of pyridine rings is 2. The van der Waals surface area contributed by atoms with Crippen molar-refractivity contribution in [2.75, 3.05) is 58.8 Å². The average molecular weight is 581 g/mol. The molecule has 1 atom stereocenters. The number of aliphatic hydroxyl groups is 1. The monoisotopic (exact) mass is 580 g/mol. The van der Waals surface area contributed by atoms with Gasteiger partial charge in [-0.15, -0.1) is 11.8 Å². The zero-order valence-electron chi connectivity index (χ0n) is 23.7. The SMILES string of the molecule is COc1ccc2ncc(CN3CCOCC3)c(C(O)CCC3(C(=O)O)CCN(CCSc4ccccn4)CC3)c2c1. The standard InChI is InChI=1S/C31H40N4O5S/c1-39-24-5-6-26-25(20-24)29(23(21-33-26)22-35-14-17-40-18-15-35)27(36)7-8-31(30(37)38)9-12-34(13-10-31)16-19-41-28-4-2-3-11-32-28/h2-6,11,20-21,27,36H,7-10,12-19,22H2,1H3,(H,37,38). The summed E-state index contributed by atoms with van der Waals surface area (Å²) in [5.74, 6) is 0.856. The number of likely N-dealkylation sites (tertiary alicyclic amines) is 1. The maximum Gasteiger partial charge on any atom is 0.309 e. The number of hydrogen-bond acceptors (Lipinski definition) is 9. The van der Waals surface area contributed by atoms with Crippen LogP contribution in [0.2, 0.25) is 0 Å². The number of thioether (sulfide) groups is 1. The molecule has 0 aliphatic carbocycles. The normalized spacial score (nSPS) is 18.8. The maximum absolute atomic E-state index is 12.6. The number of nitrogens with zero attached hydrogens (tertiary/aromatic N) is 4. The second-order valence-corrected chi connectivity index (χ2v) is 12.1. The number of fused-ring (bicyclic) bond motifs is 1. The molecule has 2 saturated heterocycles. The Morgan fingerprint density at radius 1 is 1.12 bits per heavy atom. The minimum Gasteiger partial charge on any atom is -0.497 e. The van der Waals surface area contributed by atoms with Gasteiger partial charge < -0.3 is 24.6 Å². The van der Waals surface area contributed by atoms with Crippen LogP contribution >= 0.6 is 11.8 Å². The number of aliphatic carboxylic acids is 1. The van der Waals surface area contributed by atoms with Crippen molar-refractivity contribution in [2.45, 2.75) is 43.4 Å². The van der Waals surface area contributed by atoms with Gasteiger partial charge in [0.2, 0.25) is 0 Å². The first kappa shape index (κ1) is 29.7. The van der Waals surface area contributed by atoms with Crippen LogP contribution in [0, 0.1) is 5.41 Å². The highest BCUT2D eigenvalue weighted by molar-refractivity contribution is 7.99. The Hall–Kier alpha value is -2.76. The van der Waals surface area contributed by atoms with E-state index in [1.54, 1.807) is 25.1 Å². The van der Waals surface area contributed by atoms with E-state index in [9.17, 15) is 15.0 Å². The molecule has 0 radical (unpaired) electrons. The molecule has 5 rings (SSSR count). The Kier molecular flexibility index (Phi) is 10.1. The molecule has 0 saturated carbocycles. The van der Waals surface area contributed by atoms with Crippen LogP contribution in [0.15, 0.2) is 53.8 Å². The minimum atomic E-state index is -0.837. The van der Waals surface area contributed by atoms with Crippen LogP contribution in [-0.4, -0.2) is 94.8 Å². The summed E-state index contributed by atoms with van der Waals surface area (Å²) in [5, 5.41) is 23.9. The van der Waals surface area contributed by atoms with E-state index in [2.05, 4.69) is 19.8 Å². The lowest BCUT2D eigenvalue weighted by Gasteiger charge is -2.39. The number of ether oxygens (including phenoxy) is 2. The first-order valence-electron chi connectivity index (χ1n) is 14.4. The molecule has 2 aliphatic heterocycles. The summed E-state index contributed by atoms with van der Waals surface area (Å²) in [7, 11) is 1.63. The van der Waals surface area contributed by atoms with Crippen LogP contribution in [0.4, 0.5) is 0 Å². The zero-order valence-corrected chi connectivity index (χ0v) is 24.5. The number of carbonyl (C=O) groups is 1. The lowest BCUT2D eigenvalue weighted by atomic mass is 9.74. The van der Waals surface area contributed by atoms with E-state index >= 15 is 0 Å². The van der Waals surface area contributed by atoms with E-state index in [0.717, 1.165) is 65.5 Å². The van der Waals surface area contributed by atoms with Gasteiger partial charge in [-0.25, -0.2) is 4.98 Å². The van der Waals surface area contributed by atoms with E-state index in [1.165, 1.54) is 0 Å². The molecule has 0 spiro atoms. The van der Waals surface area contributed by atoms with Gasteiger partial charge in [0.15, 0.2) is 0 Å². The fourth-order valence-corrected chi connectivity index (χ4v) is 6.79. The molecular weight excluding hydrogens is 540 g/mol. The van der Waals surface area contributed by atoms with E-state index in [0.29, 0.717) is 51.2 Å². The Bertz CT molecular complexity index is 1300. The average Bonchev–Trinajstić information content (AvgIpc) is 3.01. The number of carboxylic acid groups (broad SMARTS) is 1. The zero-order chi connectivity index (χ0) is 28.7. The highest BCUT2D eigenvalue weighted by Gasteiger charge is 2.41. The first-order chi connectivity index (χ1) is 20.0. The van der Waals surface area contributed by atoms with Crippen molar-refractivity contribution >= 4 is 28.6 Å². The predicted molar refractivity (Wildman–Crippen MR) is 159 cm³/mol. The van der Waals surface area contributed by atoms with Gasteiger partial charge in [-0.3, -0.25) is 14.7 Å². The molecule has 2 aromatic heterocycles. The van der Waals surface area contributed by atoms with Crippen LogP contribution in [0.25, 0.3) is 10.9 Å². The third kappa shape index (κ3) is 7.37. The van der Waals surface area contributed by atoms with Crippen molar-refractivity contribution in [2.24, 2.45) is 5.41 Å². The molecule has 3 aromatic rings. The van der Waals surface area contributed by atoms with E-state index in [4.69, 9.17) is 9.47 Å². The molecular formula is C31H40N4O5S. The fourth-order valence-electron chi connectivity index (χ4n) is 5.92. The molecule has 9 nitrogen and oxygen atoms in total.